The van der Waals surface area contributed by atoms with Crippen LogP contribution in [-0.2, 0) is 42.5 Å². The highest BCUT2D eigenvalue weighted by Crippen LogP contribution is 2.37. The Morgan fingerprint density at radius 3 is 1.00 bits per heavy atom. The average Bonchev–Trinajstić information content (AvgIpc) is 1.68. The number of thiazole rings is 1. The maximum atomic E-state index is 12.6. The fraction of sp³-hybridized carbons (Fsp3) is 0.295. The Morgan fingerprint density at radius 2 is 0.735 bits per heavy atom. The molecule has 136 heavy (non-hydrogen) atoms. The zero-order chi connectivity index (χ0) is 99.3. The zero-order valence-corrected chi connectivity index (χ0v) is 77.2. The van der Waals surface area contributed by atoms with Gasteiger partial charge in [0, 0.05) is 33.5 Å². The molecule has 3 atom stereocenters. The topological polar surface area (TPSA) is 309 Å². The van der Waals surface area contributed by atoms with E-state index in [0.29, 0.717) is 61.6 Å². The number of rotatable bonds is 44. The summed E-state index contributed by atoms with van der Waals surface area (Å²) in [6, 6.07) is 36.2. The first-order chi connectivity index (χ1) is 63.8. The van der Waals surface area contributed by atoms with E-state index < -0.39 is 89.3 Å². The van der Waals surface area contributed by atoms with Crippen molar-refractivity contribution in [2.45, 2.75) is 189 Å². The molecule has 0 amide bonds. The molecule has 0 radical (unpaired) electrons. The van der Waals surface area contributed by atoms with Gasteiger partial charge in [-0.15, -0.1) is 11.3 Å². The number of halogens is 12. The van der Waals surface area contributed by atoms with Crippen LogP contribution in [0.3, 0.4) is 0 Å². The van der Waals surface area contributed by atoms with Gasteiger partial charge in [-0.2, -0.15) is 44.8 Å². The number of nitriles is 1. The van der Waals surface area contributed by atoms with Crippen molar-refractivity contribution in [2.75, 3.05) is 6.61 Å². The van der Waals surface area contributed by atoms with Crippen LogP contribution in [0.15, 0.2) is 297 Å². The lowest BCUT2D eigenvalue weighted by Crippen LogP contribution is -2.33. The van der Waals surface area contributed by atoms with Crippen LogP contribution in [0.5, 0.6) is 23.0 Å². The molecule has 1 aromatic heterocycles. The Hall–Kier alpha value is -12.9. The van der Waals surface area contributed by atoms with Crippen molar-refractivity contribution in [2.24, 2.45) is 5.92 Å². The van der Waals surface area contributed by atoms with E-state index in [2.05, 4.69) is 146 Å². The van der Waals surface area contributed by atoms with Gasteiger partial charge in [-0.25, -0.2) is 4.98 Å². The summed E-state index contributed by atoms with van der Waals surface area (Å²) in [5, 5.41) is 72.5. The van der Waals surface area contributed by atoms with Crippen LogP contribution in [0.2, 0.25) is 15.1 Å². The highest BCUT2D eigenvalue weighted by atomic mass is 35.5. The minimum absolute atomic E-state index is 0. The van der Waals surface area contributed by atoms with E-state index in [1.165, 1.54) is 91.0 Å². The molecule has 0 aliphatic rings. The molecule has 0 fully saturated rings. The number of alkyl halides is 9. The standard InChI is InChI=1S/C22H32O2.C20H30O2.C16H16N2O3S.3C15H10ClF3O3.2CH4/c1-2-3-4-5-6-7-8-9-10-11-12-13-14-15-16-17-18-19-20-21-22(23)24;1-2-3-4-5-6-7-8-9-10-11-12-13-14-15-16-17-18-19-20(21)22;1-9(2)8-21-13-5-4-11(6-12(13)7-17)15-18-10(3)14(22-15)16(19)20;3*16-11-6-4-9(5-7-11)13(14(20)21)22-12-3-1-2-10(8-12)15(17,18)19;;/h3-4,6-7,9-10,12-13,15-16,18-19H,2,5,8,11,14,17,20-21H2,1H3,(H,23,24);3-4,6-7,9-10,12-13,15-16H,2,5,8,11,14,17-19H2,1H3,(H,21,22);4-6,9H,8H2,1-3H3,(H,19,20);3*1-8,13H,(H,20,21);2*1H4/p-4/b4-3-,7-6-,10-9-,13-12-,16-15-,19-18-;4-3-,7-6-,10-9-,13-12-,16-15-;;;;;;/t;;;2*13-;;;/m...10.../s1. The number of carboxylic acids is 6. The Bertz CT molecular complexity index is 5020. The van der Waals surface area contributed by atoms with Gasteiger partial charge in [0.2, 0.25) is 0 Å². The first-order valence-corrected chi connectivity index (χ1v) is 44.1. The number of nitrogens with zero attached hydrogens (tertiary/aromatic N) is 2. The van der Waals surface area contributed by atoms with E-state index in [4.69, 9.17) is 64.0 Å². The molecule has 0 aliphatic heterocycles. The summed E-state index contributed by atoms with van der Waals surface area (Å²) < 4.78 is 135. The molecule has 732 valence electrons. The Kier molecular flexibility index (Phi) is 60.6. The maximum absolute atomic E-state index is 12.6. The van der Waals surface area contributed by atoms with Gasteiger partial charge in [-0.1, -0.05) is 266 Å². The monoisotopic (exact) mass is 1960 g/mol. The number of allylic oxidation sites excluding steroid dienone is 22. The van der Waals surface area contributed by atoms with Gasteiger partial charge in [0.25, 0.3) is 0 Å². The molecule has 0 bridgehead atoms. The summed E-state index contributed by atoms with van der Waals surface area (Å²) >= 11 is 18.1. The summed E-state index contributed by atoms with van der Waals surface area (Å²) in [7, 11) is 0. The third kappa shape index (κ3) is 53.2. The van der Waals surface area contributed by atoms with Gasteiger partial charge in [0.15, 0.2) is 18.3 Å². The average molecular weight is 1970 g/mol. The molecule has 1 unspecified atom stereocenters. The molecular formula is C105H112Cl3F9N2O16S-4. The fourth-order valence-electron chi connectivity index (χ4n) is 10.7. The number of aromatic carboxylic acids is 1. The number of hydrogen-bond donors (Lipinski definition) is 2. The molecule has 2 N–H and O–H groups in total. The number of hydrogen-bond acceptors (Lipinski definition) is 17. The summed E-state index contributed by atoms with van der Waals surface area (Å²) in [4.78, 5) is 69.5. The van der Waals surface area contributed by atoms with E-state index in [1.54, 1.807) is 25.1 Å². The summed E-state index contributed by atoms with van der Waals surface area (Å²) in [6.45, 7) is 10.5. The molecule has 0 saturated carbocycles. The molecule has 31 heteroatoms. The summed E-state index contributed by atoms with van der Waals surface area (Å²) in [5.41, 5.74) is -0.659. The number of carboxylic acid groups (broad SMARTS) is 6. The Balaban J connectivity index is 0.000000814. The molecule has 0 aliphatic carbocycles. The van der Waals surface area contributed by atoms with Crippen LogP contribution in [0.4, 0.5) is 39.5 Å². The largest absolute Gasteiger partial charge is 0.546 e. The van der Waals surface area contributed by atoms with E-state index in [9.17, 15) is 94.0 Å². The van der Waals surface area contributed by atoms with Gasteiger partial charge in [0.05, 0.1) is 63.3 Å². The molecule has 0 spiro atoms. The van der Waals surface area contributed by atoms with Crippen LogP contribution < -0.4 is 39.4 Å². The number of carbonyl (C=O) groups excluding carboxylic acids is 4. The maximum Gasteiger partial charge on any atom is 0.416 e. The Morgan fingerprint density at radius 1 is 0.434 bits per heavy atom. The first kappa shape index (κ1) is 121. The molecule has 8 rings (SSSR count). The number of carbonyl (C=O) groups is 6. The highest BCUT2D eigenvalue weighted by Gasteiger charge is 2.33. The Labute approximate surface area is 808 Å². The minimum atomic E-state index is -4.55. The van der Waals surface area contributed by atoms with Crippen LogP contribution >= 0.6 is 46.1 Å². The van der Waals surface area contributed by atoms with Crippen LogP contribution in [-0.4, -0.2) is 57.6 Å². The number of aromatic nitrogens is 1. The van der Waals surface area contributed by atoms with E-state index >= 15 is 0 Å². The third-order valence-electron chi connectivity index (χ3n) is 17.3. The molecule has 1 heterocycles. The smallest absolute Gasteiger partial charge is 0.416 e. The number of aliphatic carboxylic acids is 5. The summed E-state index contributed by atoms with van der Waals surface area (Å²) in [6.07, 6.45) is 42.6. The van der Waals surface area contributed by atoms with Gasteiger partial charge in [0.1, 0.15) is 34.1 Å². The number of unbranched alkanes of at least 4 members (excludes halogenated alkanes) is 1. The zero-order valence-electron chi connectivity index (χ0n) is 74.1. The van der Waals surface area contributed by atoms with E-state index in [-0.39, 0.29) is 66.5 Å². The van der Waals surface area contributed by atoms with Crippen molar-refractivity contribution in [3.8, 4) is 39.6 Å². The van der Waals surface area contributed by atoms with Gasteiger partial charge in [-0.3, -0.25) is 9.59 Å². The predicted molar refractivity (Wildman–Crippen MR) is 510 cm³/mol. The lowest BCUT2D eigenvalue weighted by molar-refractivity contribution is -0.315. The van der Waals surface area contributed by atoms with Crippen molar-refractivity contribution >= 4 is 82.0 Å². The van der Waals surface area contributed by atoms with Crippen molar-refractivity contribution in [3.63, 3.8) is 0 Å². The highest BCUT2D eigenvalue weighted by molar-refractivity contribution is 7.17. The summed E-state index contributed by atoms with van der Waals surface area (Å²) in [5.74, 6) is -7.19. The molecule has 7 aromatic carbocycles. The quantitative estimate of drug-likeness (QED) is 0.0204. The van der Waals surface area contributed by atoms with E-state index in [0.717, 1.165) is 149 Å². The molecular weight excluding hydrogens is 1850 g/mol. The van der Waals surface area contributed by atoms with Crippen molar-refractivity contribution in [1.29, 1.82) is 5.26 Å². The number of ether oxygens (including phenoxy) is 4. The van der Waals surface area contributed by atoms with Gasteiger partial charge < -0.3 is 68.8 Å². The molecule has 0 saturated heterocycles. The second kappa shape index (κ2) is 68.1. The van der Waals surface area contributed by atoms with Gasteiger partial charge in [-0.05, 0) is 229 Å². The van der Waals surface area contributed by atoms with Crippen molar-refractivity contribution in [1.82, 2.24) is 4.98 Å². The minimum Gasteiger partial charge on any atom is -0.546 e. The number of benzene rings is 7. The molecule has 8 aromatic rings. The van der Waals surface area contributed by atoms with E-state index in [1.807, 2.05) is 26.0 Å². The fourth-order valence-corrected chi connectivity index (χ4v) is 12.0. The second-order valence-electron chi connectivity index (χ2n) is 28.8. The molecule has 18 nitrogen and oxygen atoms in total. The third-order valence-corrected chi connectivity index (χ3v) is 19.3. The lowest BCUT2D eigenvalue weighted by atomic mass is 10.1. The van der Waals surface area contributed by atoms with Crippen LogP contribution in [0.1, 0.15) is 218 Å². The normalized spacial score (nSPS) is 12.2. The van der Waals surface area contributed by atoms with Gasteiger partial charge >= 0.3 is 30.5 Å². The SMILES string of the molecule is C.C.CC/C=C\C/C=C\C/C=C\C/C=C\C/C=C\C/C=C\CCC(=O)O.CC/C=C\C/C=C\C/C=C\C/C=C\C/C=C\CCCC(=O)O.Cc1nc(-c2ccc(OCC(C)C)c(C#N)c2)sc1C(=O)[O-].O=C([O-])C(Oc1cccc(C(F)(F)F)c1)c1ccc(Cl)cc1.O=C([O-])[C@@H](Oc1cccc(C(F)(F)F)c1)c1ccc(Cl)cc1.O=C([O-])[C@H](Oc1cccc(C(F)(F)F)c1)c1ccc(Cl)cc1. The lowest BCUT2D eigenvalue weighted by Gasteiger charge is -2.21. The van der Waals surface area contributed by atoms with Crippen LogP contribution in [0.25, 0.3) is 10.6 Å². The predicted octanol–water partition coefficient (Wildman–Crippen LogP) is 25.9. The number of aryl methyl sites for hydroxylation is 1. The van der Waals surface area contributed by atoms with Crippen molar-refractivity contribution < 1.29 is 118 Å². The van der Waals surface area contributed by atoms with Crippen LogP contribution in [0, 0.1) is 24.2 Å². The van der Waals surface area contributed by atoms with Crippen molar-refractivity contribution in [3.05, 3.63) is 362 Å². The second-order valence-corrected chi connectivity index (χ2v) is 31.1. The first-order valence-electron chi connectivity index (χ1n) is 42.1.